The van der Waals surface area contributed by atoms with Gasteiger partial charge >= 0.3 is 5.97 Å². The molecule has 1 aliphatic rings. The van der Waals surface area contributed by atoms with Gasteiger partial charge in [0.2, 0.25) is 0 Å². The van der Waals surface area contributed by atoms with Crippen LogP contribution in [0.4, 0.5) is 0 Å². The van der Waals surface area contributed by atoms with Crippen LogP contribution < -0.4 is 0 Å². The van der Waals surface area contributed by atoms with Crippen molar-refractivity contribution in [1.29, 1.82) is 0 Å². The molecule has 5 nitrogen and oxygen atoms in total. The van der Waals surface area contributed by atoms with Gasteiger partial charge in [-0.05, 0) is 33.6 Å². The maximum atomic E-state index is 12.6. The maximum absolute atomic E-state index is 12.6. The summed E-state index contributed by atoms with van der Waals surface area (Å²) in [5, 5.41) is 8.90. The summed E-state index contributed by atoms with van der Waals surface area (Å²) >= 11 is 0. The van der Waals surface area contributed by atoms with Crippen molar-refractivity contribution >= 4 is 11.9 Å². The van der Waals surface area contributed by atoms with Crippen molar-refractivity contribution in [2.75, 3.05) is 6.54 Å². The average Bonchev–Trinajstić information content (AvgIpc) is 2.84. The van der Waals surface area contributed by atoms with E-state index in [1.54, 1.807) is 11.8 Å². The van der Waals surface area contributed by atoms with Crippen LogP contribution in [0.5, 0.6) is 0 Å². The molecule has 2 heterocycles. The summed E-state index contributed by atoms with van der Waals surface area (Å²) in [5.74, 6) is 0.396. The molecule has 1 amide bonds. The van der Waals surface area contributed by atoms with Crippen molar-refractivity contribution < 1.29 is 19.1 Å². The average molecular weight is 265 g/mol. The Labute approximate surface area is 112 Å². The van der Waals surface area contributed by atoms with Crippen LogP contribution in [0.15, 0.2) is 4.42 Å². The van der Waals surface area contributed by atoms with E-state index in [1.807, 2.05) is 13.8 Å². The number of hydrogen-bond acceptors (Lipinski definition) is 3. The van der Waals surface area contributed by atoms with Crippen molar-refractivity contribution in [2.24, 2.45) is 0 Å². The van der Waals surface area contributed by atoms with Gasteiger partial charge in [-0.2, -0.15) is 0 Å². The molecule has 1 unspecified atom stereocenters. The molecule has 104 valence electrons. The van der Waals surface area contributed by atoms with E-state index in [2.05, 4.69) is 0 Å². The van der Waals surface area contributed by atoms with Crippen molar-refractivity contribution in [1.82, 2.24) is 4.90 Å². The highest BCUT2D eigenvalue weighted by Crippen LogP contribution is 2.27. The first-order chi connectivity index (χ1) is 8.91. The summed E-state index contributed by atoms with van der Waals surface area (Å²) in [4.78, 5) is 25.1. The highest BCUT2D eigenvalue weighted by molar-refractivity contribution is 5.97. The first-order valence-electron chi connectivity index (χ1n) is 6.51. The lowest BCUT2D eigenvalue weighted by atomic mass is 10.1. The van der Waals surface area contributed by atoms with Crippen LogP contribution in [0, 0.1) is 20.8 Å². The van der Waals surface area contributed by atoms with E-state index in [4.69, 9.17) is 9.52 Å². The van der Waals surface area contributed by atoms with Crippen LogP contribution in [0.25, 0.3) is 0 Å². The number of furan rings is 1. The monoisotopic (exact) mass is 265 g/mol. The molecule has 19 heavy (non-hydrogen) atoms. The molecular formula is C14H19NO4. The smallest absolute Gasteiger partial charge is 0.305 e. The molecule has 0 bridgehead atoms. The molecule has 0 radical (unpaired) electrons. The fourth-order valence-corrected chi connectivity index (χ4v) is 2.77. The van der Waals surface area contributed by atoms with Crippen LogP contribution in [-0.4, -0.2) is 34.5 Å². The summed E-state index contributed by atoms with van der Waals surface area (Å²) < 4.78 is 5.48. The molecule has 0 aromatic carbocycles. The fraction of sp³-hybridized carbons (Fsp3) is 0.571. The molecule has 0 spiro atoms. The van der Waals surface area contributed by atoms with Gasteiger partial charge in [-0.25, -0.2) is 0 Å². The van der Waals surface area contributed by atoms with E-state index in [9.17, 15) is 9.59 Å². The molecule has 1 fully saturated rings. The molecular weight excluding hydrogens is 246 g/mol. The lowest BCUT2D eigenvalue weighted by molar-refractivity contribution is -0.137. The van der Waals surface area contributed by atoms with E-state index in [0.717, 1.165) is 24.2 Å². The zero-order chi connectivity index (χ0) is 14.2. The summed E-state index contributed by atoms with van der Waals surface area (Å²) in [6.45, 7) is 6.09. The number of carboxylic acid groups (broad SMARTS) is 1. The first-order valence-corrected chi connectivity index (χ1v) is 6.51. The van der Waals surface area contributed by atoms with E-state index in [1.165, 1.54) is 0 Å². The van der Waals surface area contributed by atoms with Gasteiger partial charge in [-0.1, -0.05) is 0 Å². The molecule has 1 aromatic rings. The minimum atomic E-state index is -0.860. The highest BCUT2D eigenvalue weighted by atomic mass is 16.4. The van der Waals surface area contributed by atoms with E-state index in [-0.39, 0.29) is 18.4 Å². The van der Waals surface area contributed by atoms with Gasteiger partial charge in [0.25, 0.3) is 5.91 Å². The Morgan fingerprint density at radius 2 is 2.00 bits per heavy atom. The third-order valence-corrected chi connectivity index (χ3v) is 3.82. The van der Waals surface area contributed by atoms with Crippen molar-refractivity contribution in [3.63, 3.8) is 0 Å². The van der Waals surface area contributed by atoms with Crippen LogP contribution in [0.1, 0.15) is 46.7 Å². The Kier molecular flexibility index (Phi) is 3.64. The standard InChI is InChI=1S/C14H19NO4/c1-8-9(2)19-10(3)13(8)14(18)15-6-4-5-11(15)7-12(16)17/h11H,4-7H2,1-3H3,(H,16,17). The van der Waals surface area contributed by atoms with Crippen molar-refractivity contribution in [2.45, 2.75) is 46.1 Å². The number of rotatable bonds is 3. The van der Waals surface area contributed by atoms with Crippen LogP contribution >= 0.6 is 0 Å². The van der Waals surface area contributed by atoms with Crippen LogP contribution in [-0.2, 0) is 4.79 Å². The van der Waals surface area contributed by atoms with Gasteiger partial charge in [0.15, 0.2) is 0 Å². The maximum Gasteiger partial charge on any atom is 0.305 e. The zero-order valence-corrected chi connectivity index (χ0v) is 11.5. The lowest BCUT2D eigenvalue weighted by Gasteiger charge is -2.23. The number of hydrogen-bond donors (Lipinski definition) is 1. The first kappa shape index (κ1) is 13.6. The van der Waals surface area contributed by atoms with Gasteiger partial charge < -0.3 is 14.4 Å². The summed E-state index contributed by atoms with van der Waals surface area (Å²) in [6, 6.07) is -0.195. The Morgan fingerprint density at radius 1 is 1.32 bits per heavy atom. The number of amides is 1. The number of nitrogens with zero attached hydrogens (tertiary/aromatic N) is 1. The number of aliphatic carboxylic acids is 1. The molecule has 1 N–H and O–H groups in total. The van der Waals surface area contributed by atoms with Gasteiger partial charge in [0.05, 0.1) is 12.0 Å². The molecule has 0 aliphatic carbocycles. The third-order valence-electron chi connectivity index (χ3n) is 3.82. The Morgan fingerprint density at radius 3 is 2.53 bits per heavy atom. The summed E-state index contributed by atoms with van der Waals surface area (Å²) in [6.07, 6.45) is 1.63. The minimum Gasteiger partial charge on any atom is -0.481 e. The molecule has 1 saturated heterocycles. The molecule has 2 rings (SSSR count). The second kappa shape index (κ2) is 5.07. The van der Waals surface area contributed by atoms with Crippen molar-refractivity contribution in [3.8, 4) is 0 Å². The number of likely N-dealkylation sites (tertiary alicyclic amines) is 1. The minimum absolute atomic E-state index is 0.0146. The largest absolute Gasteiger partial charge is 0.481 e. The summed E-state index contributed by atoms with van der Waals surface area (Å²) in [5.41, 5.74) is 1.44. The summed E-state index contributed by atoms with van der Waals surface area (Å²) in [7, 11) is 0. The molecule has 1 atom stereocenters. The lowest BCUT2D eigenvalue weighted by Crippen LogP contribution is -2.37. The quantitative estimate of drug-likeness (QED) is 0.910. The topological polar surface area (TPSA) is 70.8 Å². The number of carbonyl (C=O) groups excluding carboxylic acids is 1. The Balaban J connectivity index is 2.25. The second-order valence-electron chi connectivity index (χ2n) is 5.11. The number of aryl methyl sites for hydroxylation is 2. The molecule has 0 saturated carbocycles. The molecule has 5 heteroatoms. The normalized spacial score (nSPS) is 18.9. The number of carbonyl (C=O) groups is 2. The highest BCUT2D eigenvalue weighted by Gasteiger charge is 2.33. The van der Waals surface area contributed by atoms with Crippen LogP contribution in [0.3, 0.4) is 0 Å². The van der Waals surface area contributed by atoms with Crippen LogP contribution in [0.2, 0.25) is 0 Å². The van der Waals surface area contributed by atoms with Gasteiger partial charge in [0, 0.05) is 18.2 Å². The predicted molar refractivity (Wildman–Crippen MR) is 69.2 cm³/mol. The van der Waals surface area contributed by atoms with Gasteiger partial charge in [-0.3, -0.25) is 9.59 Å². The van der Waals surface area contributed by atoms with E-state index >= 15 is 0 Å². The third kappa shape index (κ3) is 2.50. The molecule has 1 aliphatic heterocycles. The SMILES string of the molecule is Cc1oc(C)c(C(=O)N2CCCC2CC(=O)O)c1C. The molecule has 1 aromatic heterocycles. The second-order valence-corrected chi connectivity index (χ2v) is 5.11. The van der Waals surface area contributed by atoms with Gasteiger partial charge in [-0.15, -0.1) is 0 Å². The van der Waals surface area contributed by atoms with Crippen molar-refractivity contribution in [3.05, 3.63) is 22.6 Å². The van der Waals surface area contributed by atoms with Gasteiger partial charge in [0.1, 0.15) is 11.5 Å². The Hall–Kier alpha value is -1.78. The Bertz CT molecular complexity index is 518. The predicted octanol–water partition coefficient (Wildman–Crippen LogP) is 2.28. The van der Waals surface area contributed by atoms with E-state index < -0.39 is 5.97 Å². The number of carboxylic acids is 1. The van der Waals surface area contributed by atoms with E-state index in [0.29, 0.717) is 17.9 Å². The fourth-order valence-electron chi connectivity index (χ4n) is 2.77. The zero-order valence-electron chi connectivity index (χ0n) is 11.5.